The molecule has 0 spiro atoms. The van der Waals surface area contributed by atoms with Crippen molar-refractivity contribution in [2.45, 2.75) is 62.6 Å². The van der Waals surface area contributed by atoms with Crippen LogP contribution in [0, 0.1) is 18.3 Å². The maximum Gasteiger partial charge on any atom is 0.410 e. The van der Waals surface area contributed by atoms with Crippen LogP contribution in [0.4, 0.5) is 4.79 Å². The Morgan fingerprint density at radius 1 is 1.03 bits per heavy atom. The summed E-state index contributed by atoms with van der Waals surface area (Å²) in [5, 5.41) is 21.2. The summed E-state index contributed by atoms with van der Waals surface area (Å²) in [7, 11) is 0. The summed E-state index contributed by atoms with van der Waals surface area (Å²) in [6.07, 6.45) is 3.37. The van der Waals surface area contributed by atoms with Gasteiger partial charge in [0.05, 0.1) is 17.2 Å². The lowest BCUT2D eigenvalue weighted by molar-refractivity contribution is -0.0891. The first kappa shape index (κ1) is 22.8. The average Bonchev–Trinajstić information content (AvgIpc) is 3.20. The third-order valence-corrected chi connectivity index (χ3v) is 8.45. The van der Waals surface area contributed by atoms with E-state index in [9.17, 15) is 15.2 Å². The zero-order valence-corrected chi connectivity index (χ0v) is 20.5. The zero-order valence-electron chi connectivity index (χ0n) is 20.5. The van der Waals surface area contributed by atoms with E-state index in [1.54, 1.807) is 0 Å². The van der Waals surface area contributed by atoms with E-state index >= 15 is 0 Å². The Hall–Kier alpha value is -3.62. The monoisotopic (exact) mass is 478 g/mol. The minimum absolute atomic E-state index is 0.0277. The van der Waals surface area contributed by atoms with Crippen molar-refractivity contribution in [2.75, 3.05) is 6.61 Å². The van der Waals surface area contributed by atoms with Crippen molar-refractivity contribution in [3.8, 4) is 17.2 Å². The molecule has 2 heterocycles. The molecule has 5 nitrogen and oxygen atoms in total. The van der Waals surface area contributed by atoms with E-state index in [4.69, 9.17) is 4.74 Å². The summed E-state index contributed by atoms with van der Waals surface area (Å²) < 4.78 is 6.00. The minimum Gasteiger partial charge on any atom is -0.448 e. The normalized spacial score (nSPS) is 24.5. The van der Waals surface area contributed by atoms with E-state index in [0.29, 0.717) is 25.0 Å². The maximum absolute atomic E-state index is 13.5. The molecule has 1 amide bonds. The van der Waals surface area contributed by atoms with E-state index in [1.807, 2.05) is 54.3 Å². The Labute approximate surface area is 211 Å². The molecule has 182 valence electrons. The van der Waals surface area contributed by atoms with Crippen molar-refractivity contribution in [3.63, 3.8) is 0 Å². The van der Waals surface area contributed by atoms with Crippen molar-refractivity contribution in [3.05, 3.63) is 94.5 Å². The second-order valence-corrected chi connectivity index (χ2v) is 10.5. The number of nitriles is 1. The molecular formula is C31H30N2O3. The van der Waals surface area contributed by atoms with Gasteiger partial charge in [-0.15, -0.1) is 0 Å². The number of aliphatic hydroxyl groups is 1. The van der Waals surface area contributed by atoms with Gasteiger partial charge in [0, 0.05) is 30.8 Å². The van der Waals surface area contributed by atoms with Crippen LogP contribution in [0.5, 0.6) is 0 Å². The molecule has 2 bridgehead atoms. The molecule has 0 saturated carbocycles. The van der Waals surface area contributed by atoms with Gasteiger partial charge in [0.2, 0.25) is 0 Å². The van der Waals surface area contributed by atoms with Crippen LogP contribution in [0.1, 0.15) is 65.8 Å². The number of aryl methyl sites for hydroxylation is 1. The molecule has 0 aromatic heterocycles. The number of hydrogen-bond donors (Lipinski definition) is 1. The molecule has 5 heteroatoms. The van der Waals surface area contributed by atoms with Crippen LogP contribution in [0.2, 0.25) is 0 Å². The molecule has 2 saturated heterocycles. The predicted octanol–water partition coefficient (Wildman–Crippen LogP) is 6.02. The predicted molar refractivity (Wildman–Crippen MR) is 137 cm³/mol. The molecule has 3 aliphatic rings. The first-order chi connectivity index (χ1) is 17.5. The quantitative estimate of drug-likeness (QED) is 0.500. The number of benzene rings is 3. The summed E-state index contributed by atoms with van der Waals surface area (Å²) in [6.45, 7) is 2.21. The smallest absolute Gasteiger partial charge is 0.410 e. The Bertz CT molecular complexity index is 1310. The highest BCUT2D eigenvalue weighted by atomic mass is 16.6. The molecule has 2 aliphatic heterocycles. The van der Waals surface area contributed by atoms with Crippen LogP contribution in [0.3, 0.4) is 0 Å². The molecule has 3 aromatic rings. The lowest BCUT2D eigenvalue weighted by Gasteiger charge is -2.51. The highest BCUT2D eigenvalue weighted by Crippen LogP contribution is 2.46. The second kappa shape index (κ2) is 8.80. The fourth-order valence-electron chi connectivity index (χ4n) is 6.66. The van der Waals surface area contributed by atoms with Crippen LogP contribution in [0.15, 0.2) is 66.7 Å². The van der Waals surface area contributed by atoms with Crippen LogP contribution < -0.4 is 0 Å². The fraction of sp³-hybridized carbons (Fsp3) is 0.355. The summed E-state index contributed by atoms with van der Waals surface area (Å²) in [6, 6.07) is 24.4. The molecule has 0 radical (unpaired) electrons. The van der Waals surface area contributed by atoms with Gasteiger partial charge in [-0.05, 0) is 65.6 Å². The Kier molecular flexibility index (Phi) is 5.58. The van der Waals surface area contributed by atoms with Crippen molar-refractivity contribution in [1.29, 1.82) is 5.26 Å². The third kappa shape index (κ3) is 3.68. The van der Waals surface area contributed by atoms with Gasteiger partial charge in [0.15, 0.2) is 0 Å². The summed E-state index contributed by atoms with van der Waals surface area (Å²) in [5.41, 5.74) is 6.04. The fourth-order valence-corrected chi connectivity index (χ4v) is 6.66. The molecule has 3 aromatic carbocycles. The maximum atomic E-state index is 13.5. The van der Waals surface area contributed by atoms with Gasteiger partial charge in [-0.1, -0.05) is 60.7 Å². The van der Waals surface area contributed by atoms with E-state index in [2.05, 4.69) is 30.3 Å². The highest BCUT2D eigenvalue weighted by molar-refractivity contribution is 5.79. The Morgan fingerprint density at radius 3 is 2.25 bits per heavy atom. The number of carbonyl (C=O) groups is 1. The van der Waals surface area contributed by atoms with Gasteiger partial charge >= 0.3 is 6.09 Å². The molecular weight excluding hydrogens is 448 g/mol. The number of rotatable bonds is 3. The number of carbonyl (C=O) groups excluding carboxylic acids is 1. The standard InChI is InChI=1S/C31H30N2O3/c1-20-13-14-22(15-21(20)18-32)31(35)16-23-7-6-8-24(17-31)33(23)30(34)36-19-29-27-11-4-2-9-25(27)26-10-3-5-12-28(26)29/h2-5,9-15,23-24,29,35H,6-8,16-17,19H2,1H3. The van der Waals surface area contributed by atoms with Gasteiger partial charge in [0.1, 0.15) is 6.61 Å². The van der Waals surface area contributed by atoms with E-state index < -0.39 is 5.60 Å². The van der Waals surface area contributed by atoms with Gasteiger partial charge in [0.25, 0.3) is 0 Å². The van der Waals surface area contributed by atoms with Crippen molar-refractivity contribution in [2.24, 2.45) is 0 Å². The van der Waals surface area contributed by atoms with Crippen molar-refractivity contribution >= 4 is 6.09 Å². The van der Waals surface area contributed by atoms with E-state index in [1.165, 1.54) is 22.3 Å². The highest BCUT2D eigenvalue weighted by Gasteiger charge is 2.49. The van der Waals surface area contributed by atoms with Gasteiger partial charge in [-0.25, -0.2) is 4.79 Å². The third-order valence-electron chi connectivity index (χ3n) is 8.45. The molecule has 2 unspecified atom stereocenters. The second-order valence-electron chi connectivity index (χ2n) is 10.5. The summed E-state index contributed by atoms with van der Waals surface area (Å²) >= 11 is 0. The largest absolute Gasteiger partial charge is 0.448 e. The first-order valence-electron chi connectivity index (χ1n) is 12.9. The summed E-state index contributed by atoms with van der Waals surface area (Å²) in [5.74, 6) is 0.0277. The Balaban J connectivity index is 1.21. The van der Waals surface area contributed by atoms with Crippen molar-refractivity contribution < 1.29 is 14.6 Å². The molecule has 1 N–H and O–H groups in total. The van der Waals surface area contributed by atoms with Gasteiger partial charge in [-0.3, -0.25) is 0 Å². The van der Waals surface area contributed by atoms with Crippen LogP contribution >= 0.6 is 0 Å². The first-order valence-corrected chi connectivity index (χ1v) is 12.9. The molecule has 2 fully saturated rings. The number of piperidine rings is 2. The van der Waals surface area contributed by atoms with Crippen LogP contribution in [0.25, 0.3) is 11.1 Å². The minimum atomic E-state index is -1.05. The molecule has 1 aliphatic carbocycles. The van der Waals surface area contributed by atoms with E-state index in [-0.39, 0.29) is 24.1 Å². The molecule has 6 rings (SSSR count). The van der Waals surface area contributed by atoms with Gasteiger partial charge < -0.3 is 14.7 Å². The lowest BCUT2D eigenvalue weighted by Crippen LogP contribution is -2.59. The number of hydrogen-bond acceptors (Lipinski definition) is 4. The number of nitrogens with zero attached hydrogens (tertiary/aromatic N) is 2. The number of amides is 1. The number of fused-ring (bicyclic) bond motifs is 5. The number of ether oxygens (including phenoxy) is 1. The Morgan fingerprint density at radius 2 is 1.64 bits per heavy atom. The zero-order chi connectivity index (χ0) is 24.9. The molecule has 2 atom stereocenters. The lowest BCUT2D eigenvalue weighted by atomic mass is 9.72. The SMILES string of the molecule is Cc1ccc(C2(O)CC3CCCC(C2)N3C(=O)OCC2c3ccccc3-c3ccccc32)cc1C#N. The van der Waals surface area contributed by atoms with Crippen molar-refractivity contribution in [1.82, 2.24) is 4.90 Å². The van der Waals surface area contributed by atoms with E-state index in [0.717, 1.165) is 30.4 Å². The topological polar surface area (TPSA) is 73.6 Å². The van der Waals surface area contributed by atoms with Crippen LogP contribution in [-0.2, 0) is 10.3 Å². The molecule has 36 heavy (non-hydrogen) atoms. The summed E-state index contributed by atoms with van der Waals surface area (Å²) in [4.78, 5) is 15.4. The van der Waals surface area contributed by atoms with Crippen LogP contribution in [-0.4, -0.2) is 34.8 Å². The average molecular weight is 479 g/mol. The van der Waals surface area contributed by atoms with Gasteiger partial charge in [-0.2, -0.15) is 5.26 Å².